The van der Waals surface area contributed by atoms with Crippen LogP contribution in [0.5, 0.6) is 5.75 Å². The number of aryl methyl sites for hydroxylation is 1. The number of rotatable bonds is 4. The molecule has 0 aliphatic carbocycles. The number of phenols is 1. The minimum atomic E-state index is -4.14. The molecule has 1 aromatic carbocycles. The van der Waals surface area contributed by atoms with Gasteiger partial charge in [-0.05, 0) is 25.5 Å². The maximum atomic E-state index is 13.7. The summed E-state index contributed by atoms with van der Waals surface area (Å²) in [6, 6.07) is -0.221. The van der Waals surface area contributed by atoms with Crippen LogP contribution >= 0.6 is 12.4 Å². The Morgan fingerprint density at radius 1 is 1.50 bits per heavy atom. The SMILES string of the molecule is CCOC(=O)C(F)(F)[C@H](N)c1c(F)ccc(C)c1O.Cl. The van der Waals surface area contributed by atoms with Crippen LogP contribution in [0.15, 0.2) is 12.1 Å². The molecular formula is C12H15ClF3NO3. The van der Waals surface area contributed by atoms with E-state index < -0.39 is 35.1 Å². The molecule has 0 aliphatic heterocycles. The van der Waals surface area contributed by atoms with Crippen molar-refractivity contribution in [3.63, 3.8) is 0 Å². The van der Waals surface area contributed by atoms with Gasteiger partial charge in [-0.25, -0.2) is 9.18 Å². The fraction of sp³-hybridized carbons (Fsp3) is 0.417. The molecular weight excluding hydrogens is 299 g/mol. The lowest BCUT2D eigenvalue weighted by Gasteiger charge is -2.23. The normalized spacial score (nSPS) is 12.5. The smallest absolute Gasteiger partial charge is 0.379 e. The van der Waals surface area contributed by atoms with Gasteiger partial charge in [-0.1, -0.05) is 6.07 Å². The Bertz CT molecular complexity index is 497. The van der Waals surface area contributed by atoms with Crippen molar-refractivity contribution in [1.82, 2.24) is 0 Å². The summed E-state index contributed by atoms with van der Waals surface area (Å²) in [5.41, 5.74) is 4.59. The summed E-state index contributed by atoms with van der Waals surface area (Å²) in [6.45, 7) is 2.49. The van der Waals surface area contributed by atoms with Gasteiger partial charge >= 0.3 is 11.9 Å². The molecule has 114 valence electrons. The number of carbonyl (C=O) groups is 1. The zero-order chi connectivity index (χ0) is 14.8. The number of esters is 1. The highest BCUT2D eigenvalue weighted by Crippen LogP contribution is 2.37. The Balaban J connectivity index is 0.00000361. The minimum absolute atomic E-state index is 0. The lowest BCUT2D eigenvalue weighted by Crippen LogP contribution is -2.42. The van der Waals surface area contributed by atoms with E-state index in [0.29, 0.717) is 0 Å². The van der Waals surface area contributed by atoms with Gasteiger partial charge in [0.2, 0.25) is 0 Å². The monoisotopic (exact) mass is 313 g/mol. The van der Waals surface area contributed by atoms with E-state index in [1.54, 1.807) is 0 Å². The highest BCUT2D eigenvalue weighted by molar-refractivity contribution is 5.85. The predicted molar refractivity (Wildman–Crippen MR) is 68.6 cm³/mol. The molecule has 0 heterocycles. The van der Waals surface area contributed by atoms with E-state index in [1.165, 1.54) is 19.9 Å². The second-order valence-electron chi connectivity index (χ2n) is 3.95. The van der Waals surface area contributed by atoms with Crippen molar-refractivity contribution in [2.45, 2.75) is 25.8 Å². The molecule has 3 N–H and O–H groups in total. The number of carbonyl (C=O) groups excluding carboxylic acids is 1. The highest BCUT2D eigenvalue weighted by Gasteiger charge is 2.49. The number of hydrogen-bond acceptors (Lipinski definition) is 4. The van der Waals surface area contributed by atoms with E-state index in [2.05, 4.69) is 4.74 Å². The van der Waals surface area contributed by atoms with E-state index in [1.807, 2.05) is 0 Å². The Hall–Kier alpha value is -1.47. The molecule has 0 bridgehead atoms. The Labute approximate surface area is 120 Å². The van der Waals surface area contributed by atoms with Crippen LogP contribution in [0.1, 0.15) is 24.1 Å². The third-order valence-electron chi connectivity index (χ3n) is 2.61. The number of halogens is 4. The van der Waals surface area contributed by atoms with Crippen LogP contribution in [0.3, 0.4) is 0 Å². The second kappa shape index (κ2) is 6.81. The molecule has 8 heteroatoms. The molecule has 0 saturated carbocycles. The number of benzene rings is 1. The third kappa shape index (κ3) is 3.34. The first-order valence-corrected chi connectivity index (χ1v) is 5.52. The zero-order valence-corrected chi connectivity index (χ0v) is 11.6. The van der Waals surface area contributed by atoms with Crippen LogP contribution in [-0.2, 0) is 9.53 Å². The van der Waals surface area contributed by atoms with Gasteiger partial charge in [0, 0.05) is 0 Å². The Morgan fingerprint density at radius 3 is 2.55 bits per heavy atom. The minimum Gasteiger partial charge on any atom is -0.507 e. The maximum absolute atomic E-state index is 13.7. The molecule has 0 aromatic heterocycles. The number of hydrogen-bond donors (Lipinski definition) is 2. The molecule has 20 heavy (non-hydrogen) atoms. The van der Waals surface area contributed by atoms with Crippen molar-refractivity contribution in [2.75, 3.05) is 6.61 Å². The van der Waals surface area contributed by atoms with E-state index in [0.717, 1.165) is 6.07 Å². The largest absolute Gasteiger partial charge is 0.507 e. The van der Waals surface area contributed by atoms with Crippen LogP contribution in [0.2, 0.25) is 0 Å². The molecule has 0 radical (unpaired) electrons. The fourth-order valence-electron chi connectivity index (χ4n) is 1.52. The van der Waals surface area contributed by atoms with Crippen LogP contribution in [0.25, 0.3) is 0 Å². The predicted octanol–water partition coefficient (Wildman–Crippen LogP) is 2.46. The number of nitrogens with two attached hydrogens (primary N) is 1. The van der Waals surface area contributed by atoms with Crippen LogP contribution in [-0.4, -0.2) is 23.6 Å². The lowest BCUT2D eigenvalue weighted by atomic mass is 9.97. The summed E-state index contributed by atoms with van der Waals surface area (Å²) in [5.74, 6) is -7.80. The summed E-state index contributed by atoms with van der Waals surface area (Å²) in [4.78, 5) is 11.1. The molecule has 1 rings (SSSR count). The quantitative estimate of drug-likeness (QED) is 0.838. The third-order valence-corrected chi connectivity index (χ3v) is 2.61. The number of aromatic hydroxyl groups is 1. The first kappa shape index (κ1) is 18.5. The molecule has 0 spiro atoms. The van der Waals surface area contributed by atoms with E-state index >= 15 is 0 Å². The number of ether oxygens (including phenoxy) is 1. The summed E-state index contributed by atoms with van der Waals surface area (Å²) in [5, 5.41) is 9.62. The summed E-state index contributed by atoms with van der Waals surface area (Å²) >= 11 is 0. The summed E-state index contributed by atoms with van der Waals surface area (Å²) < 4.78 is 45.1. The number of alkyl halides is 2. The van der Waals surface area contributed by atoms with Gasteiger partial charge < -0.3 is 15.6 Å². The molecule has 1 aromatic rings. The molecule has 0 amide bonds. The van der Waals surface area contributed by atoms with Crippen LogP contribution < -0.4 is 5.73 Å². The molecule has 1 atom stereocenters. The first-order valence-electron chi connectivity index (χ1n) is 5.52. The van der Waals surface area contributed by atoms with Crippen molar-refractivity contribution in [3.05, 3.63) is 29.1 Å². The van der Waals surface area contributed by atoms with Gasteiger partial charge in [-0.3, -0.25) is 0 Å². The molecule has 0 fully saturated rings. The molecule has 0 saturated heterocycles. The van der Waals surface area contributed by atoms with Crippen molar-refractivity contribution < 1.29 is 27.8 Å². The standard InChI is InChI=1S/C12H14F3NO3.ClH/c1-3-19-11(18)12(14,15)10(16)8-7(13)5-4-6(2)9(8)17;/h4-5,10,17H,3,16H2,1-2H3;1H/t10-;/m1./s1. The average Bonchev–Trinajstić information content (AvgIpc) is 2.34. The lowest BCUT2D eigenvalue weighted by molar-refractivity contribution is -0.175. The molecule has 0 aliphatic rings. The average molecular weight is 314 g/mol. The fourth-order valence-corrected chi connectivity index (χ4v) is 1.52. The highest BCUT2D eigenvalue weighted by atomic mass is 35.5. The van der Waals surface area contributed by atoms with Gasteiger partial charge in [-0.15, -0.1) is 12.4 Å². The van der Waals surface area contributed by atoms with Crippen molar-refractivity contribution in [3.8, 4) is 5.75 Å². The van der Waals surface area contributed by atoms with E-state index in [4.69, 9.17) is 5.73 Å². The van der Waals surface area contributed by atoms with Crippen LogP contribution in [0, 0.1) is 12.7 Å². The van der Waals surface area contributed by atoms with Crippen molar-refractivity contribution in [2.24, 2.45) is 5.73 Å². The van der Waals surface area contributed by atoms with E-state index in [9.17, 15) is 23.1 Å². The van der Waals surface area contributed by atoms with Gasteiger partial charge in [0.1, 0.15) is 17.6 Å². The topological polar surface area (TPSA) is 72.5 Å². The molecule has 4 nitrogen and oxygen atoms in total. The van der Waals surface area contributed by atoms with Crippen molar-refractivity contribution >= 4 is 18.4 Å². The van der Waals surface area contributed by atoms with Crippen LogP contribution in [0.4, 0.5) is 13.2 Å². The maximum Gasteiger partial charge on any atom is 0.379 e. The van der Waals surface area contributed by atoms with Crippen molar-refractivity contribution in [1.29, 1.82) is 0 Å². The van der Waals surface area contributed by atoms with Gasteiger partial charge in [0.25, 0.3) is 0 Å². The second-order valence-corrected chi connectivity index (χ2v) is 3.95. The molecule has 0 unspecified atom stereocenters. The summed E-state index contributed by atoms with van der Waals surface area (Å²) in [7, 11) is 0. The number of phenolic OH excluding ortho intramolecular Hbond substituents is 1. The van der Waals surface area contributed by atoms with Gasteiger partial charge in [0.05, 0.1) is 12.2 Å². The van der Waals surface area contributed by atoms with E-state index in [-0.39, 0.29) is 24.6 Å². The zero-order valence-electron chi connectivity index (χ0n) is 10.8. The van der Waals surface area contributed by atoms with Gasteiger partial charge in [0.15, 0.2) is 0 Å². The first-order chi connectivity index (χ1) is 8.73. The Morgan fingerprint density at radius 2 is 2.05 bits per heavy atom. The summed E-state index contributed by atoms with van der Waals surface area (Å²) in [6.07, 6.45) is 0. The Kier molecular flexibility index (Phi) is 6.31. The van der Waals surface area contributed by atoms with Gasteiger partial charge in [-0.2, -0.15) is 8.78 Å².